The van der Waals surface area contributed by atoms with E-state index in [0.717, 1.165) is 6.92 Å². The summed E-state index contributed by atoms with van der Waals surface area (Å²) in [7, 11) is 1.45. The molecule has 0 spiro atoms. The number of phenols is 1. The van der Waals surface area contributed by atoms with Gasteiger partial charge < -0.3 is 44.5 Å². The first kappa shape index (κ1) is 23.5. The third kappa shape index (κ3) is 4.54. The van der Waals surface area contributed by atoms with E-state index < -0.39 is 41.9 Å². The molecule has 0 aliphatic heterocycles. The average Bonchev–Trinajstić information content (AvgIpc) is 2.79. The molecule has 4 unspecified atom stereocenters. The van der Waals surface area contributed by atoms with E-state index in [1.165, 1.54) is 49.6 Å². The van der Waals surface area contributed by atoms with E-state index in [1.807, 2.05) is 0 Å². The van der Waals surface area contributed by atoms with Crippen LogP contribution in [0.5, 0.6) is 17.2 Å². The molecule has 2 aromatic carbocycles. The summed E-state index contributed by atoms with van der Waals surface area (Å²) in [5.41, 5.74) is -0.233. The summed E-state index contributed by atoms with van der Waals surface area (Å²) in [4.78, 5) is 13.2. The molecule has 1 aromatic heterocycles. The molecule has 0 aliphatic carbocycles. The van der Waals surface area contributed by atoms with Gasteiger partial charge in [0.2, 0.25) is 17.0 Å². The maximum Gasteiger partial charge on any atom is 0.235 e. The molecule has 10 nitrogen and oxygen atoms in total. The monoisotopic (exact) mass is 448 g/mol. The highest BCUT2D eigenvalue weighted by molar-refractivity contribution is 5.83. The summed E-state index contributed by atoms with van der Waals surface area (Å²) in [5, 5.41) is 59.2. The highest BCUT2D eigenvalue weighted by Gasteiger charge is 2.42. The van der Waals surface area contributed by atoms with E-state index in [0.29, 0.717) is 11.3 Å². The number of fused-ring (bicyclic) bond motifs is 1. The molecule has 0 saturated carbocycles. The first-order chi connectivity index (χ1) is 15.1. The first-order valence-electron chi connectivity index (χ1n) is 9.59. The van der Waals surface area contributed by atoms with E-state index >= 15 is 0 Å². The van der Waals surface area contributed by atoms with Gasteiger partial charge in [-0.3, -0.25) is 4.79 Å². The SMILES string of the molecule is COc1ccc2c(=O)c(OC(C)(O)C(O)C(O)C(O)CO)c(-c3ccc(O)cc3)oc2c1. The molecular weight excluding hydrogens is 424 g/mol. The molecule has 0 aliphatic rings. The summed E-state index contributed by atoms with van der Waals surface area (Å²) in [6.45, 7) is 0.0935. The van der Waals surface area contributed by atoms with Gasteiger partial charge in [0.1, 0.15) is 35.4 Å². The Bertz CT molecular complexity index is 1140. The number of aliphatic hydroxyl groups excluding tert-OH is 4. The van der Waals surface area contributed by atoms with Crippen LogP contribution < -0.4 is 14.9 Å². The highest BCUT2D eigenvalue weighted by Crippen LogP contribution is 2.35. The number of phenolic OH excluding ortho intramolecular Hbond substituents is 1. The Balaban J connectivity index is 2.17. The van der Waals surface area contributed by atoms with Crippen molar-refractivity contribution >= 4 is 11.0 Å². The molecule has 0 bridgehead atoms. The molecule has 10 heteroatoms. The van der Waals surface area contributed by atoms with Crippen molar-refractivity contribution in [3.8, 4) is 28.6 Å². The van der Waals surface area contributed by atoms with Crippen LogP contribution >= 0.6 is 0 Å². The van der Waals surface area contributed by atoms with Crippen LogP contribution in [0.2, 0.25) is 0 Å². The smallest absolute Gasteiger partial charge is 0.235 e. The second-order valence-corrected chi connectivity index (χ2v) is 7.34. The largest absolute Gasteiger partial charge is 0.508 e. The van der Waals surface area contributed by atoms with Crippen molar-refractivity contribution in [1.82, 2.24) is 0 Å². The number of rotatable bonds is 8. The molecule has 172 valence electrons. The summed E-state index contributed by atoms with van der Waals surface area (Å²) in [6.07, 6.45) is -5.86. The Kier molecular flexibility index (Phi) is 6.72. The quantitative estimate of drug-likeness (QED) is 0.264. The molecular formula is C22H24O10. The Morgan fingerprint density at radius 2 is 1.75 bits per heavy atom. The fourth-order valence-corrected chi connectivity index (χ4v) is 3.08. The van der Waals surface area contributed by atoms with Crippen LogP contribution in [0, 0.1) is 0 Å². The Morgan fingerprint density at radius 3 is 2.34 bits per heavy atom. The number of hydrogen-bond donors (Lipinski definition) is 6. The lowest BCUT2D eigenvalue weighted by molar-refractivity contribution is -0.232. The Morgan fingerprint density at radius 1 is 1.09 bits per heavy atom. The maximum atomic E-state index is 13.2. The first-order valence-corrected chi connectivity index (χ1v) is 9.59. The number of ether oxygens (including phenoxy) is 2. The predicted octanol–water partition coefficient (Wildman–Crippen LogP) is 0.336. The molecule has 1 heterocycles. The Labute approximate surface area is 182 Å². The third-order valence-corrected chi connectivity index (χ3v) is 4.95. The number of hydrogen-bond acceptors (Lipinski definition) is 10. The lowest BCUT2D eigenvalue weighted by atomic mass is 10.0. The highest BCUT2D eigenvalue weighted by atomic mass is 16.6. The molecule has 32 heavy (non-hydrogen) atoms. The summed E-state index contributed by atoms with van der Waals surface area (Å²) in [5.74, 6) is -2.79. The van der Waals surface area contributed by atoms with Gasteiger partial charge in [-0.15, -0.1) is 0 Å². The van der Waals surface area contributed by atoms with Crippen LogP contribution in [0.1, 0.15) is 6.92 Å². The third-order valence-electron chi connectivity index (χ3n) is 4.95. The zero-order chi connectivity index (χ0) is 23.6. The van der Waals surface area contributed by atoms with Gasteiger partial charge in [-0.1, -0.05) is 0 Å². The number of methoxy groups -OCH3 is 1. The van der Waals surface area contributed by atoms with E-state index in [9.17, 15) is 30.3 Å². The zero-order valence-corrected chi connectivity index (χ0v) is 17.3. The minimum atomic E-state index is -2.57. The molecule has 4 atom stereocenters. The Hall–Kier alpha value is -3.15. The van der Waals surface area contributed by atoms with Crippen LogP contribution in [0.3, 0.4) is 0 Å². The number of aromatic hydroxyl groups is 1. The van der Waals surface area contributed by atoms with Crippen molar-refractivity contribution < 1.29 is 44.5 Å². The maximum absolute atomic E-state index is 13.2. The summed E-state index contributed by atoms with van der Waals surface area (Å²) < 4.78 is 16.5. The van der Waals surface area contributed by atoms with Crippen molar-refractivity contribution in [3.63, 3.8) is 0 Å². The lowest BCUT2D eigenvalue weighted by Crippen LogP contribution is -2.55. The van der Waals surface area contributed by atoms with Crippen molar-refractivity contribution in [2.75, 3.05) is 13.7 Å². The fraction of sp³-hybridized carbons (Fsp3) is 0.318. The molecule has 0 amide bonds. The second-order valence-electron chi connectivity index (χ2n) is 7.34. The summed E-state index contributed by atoms with van der Waals surface area (Å²) >= 11 is 0. The van der Waals surface area contributed by atoms with Crippen LogP contribution in [0.25, 0.3) is 22.3 Å². The van der Waals surface area contributed by atoms with E-state index in [-0.39, 0.29) is 22.5 Å². The minimum Gasteiger partial charge on any atom is -0.508 e. The topological polar surface area (TPSA) is 170 Å². The fourth-order valence-electron chi connectivity index (χ4n) is 3.08. The predicted molar refractivity (Wildman–Crippen MR) is 112 cm³/mol. The van der Waals surface area contributed by atoms with E-state index in [4.69, 9.17) is 19.0 Å². The van der Waals surface area contributed by atoms with Crippen molar-refractivity contribution in [3.05, 3.63) is 52.7 Å². The van der Waals surface area contributed by atoms with Gasteiger partial charge in [0, 0.05) is 18.6 Å². The molecule has 0 fully saturated rings. The average molecular weight is 448 g/mol. The molecule has 0 radical (unpaired) electrons. The van der Waals surface area contributed by atoms with Crippen molar-refractivity contribution in [2.45, 2.75) is 31.0 Å². The van der Waals surface area contributed by atoms with Gasteiger partial charge in [0.05, 0.1) is 19.1 Å². The van der Waals surface area contributed by atoms with Gasteiger partial charge in [-0.25, -0.2) is 0 Å². The molecule has 3 rings (SSSR count). The normalized spacial score (nSPS) is 16.2. The standard InChI is InChI=1S/C22H24O10/c1-22(29,21(28)18(27)15(25)10-23)32-20-17(26)14-8-7-13(30-2)9-16(14)31-19(20)11-3-5-12(24)6-4-11/h3-9,15,18,21,23-25,27-29H,10H2,1-2H3. The van der Waals surface area contributed by atoms with Crippen LogP contribution in [0.4, 0.5) is 0 Å². The van der Waals surface area contributed by atoms with E-state index in [1.54, 1.807) is 0 Å². The van der Waals surface area contributed by atoms with E-state index in [2.05, 4.69) is 0 Å². The van der Waals surface area contributed by atoms with Crippen LogP contribution in [-0.4, -0.2) is 68.5 Å². The number of benzene rings is 2. The van der Waals surface area contributed by atoms with Gasteiger partial charge in [-0.05, 0) is 36.4 Å². The zero-order valence-electron chi connectivity index (χ0n) is 17.3. The lowest BCUT2D eigenvalue weighted by Gasteiger charge is -2.33. The number of aliphatic hydroxyl groups is 5. The van der Waals surface area contributed by atoms with Gasteiger partial charge >= 0.3 is 0 Å². The van der Waals surface area contributed by atoms with Gasteiger partial charge in [-0.2, -0.15) is 0 Å². The van der Waals surface area contributed by atoms with Crippen LogP contribution in [0.15, 0.2) is 51.7 Å². The molecule has 3 aromatic rings. The minimum absolute atomic E-state index is 0.0374. The molecule has 0 saturated heterocycles. The summed E-state index contributed by atoms with van der Waals surface area (Å²) in [6, 6.07) is 10.0. The van der Waals surface area contributed by atoms with Gasteiger partial charge in [0.15, 0.2) is 5.76 Å². The van der Waals surface area contributed by atoms with Crippen molar-refractivity contribution in [2.24, 2.45) is 0 Å². The molecule has 6 N–H and O–H groups in total. The van der Waals surface area contributed by atoms with Crippen LogP contribution in [-0.2, 0) is 0 Å². The second kappa shape index (κ2) is 9.15. The van der Waals surface area contributed by atoms with Gasteiger partial charge in [0.25, 0.3) is 0 Å². The van der Waals surface area contributed by atoms with Crippen molar-refractivity contribution in [1.29, 1.82) is 0 Å².